The van der Waals surface area contributed by atoms with E-state index in [1.54, 1.807) is 31.6 Å². The zero-order chi connectivity index (χ0) is 21.4. The number of carbonyl (C=O) groups is 3. The van der Waals surface area contributed by atoms with Gasteiger partial charge in [0, 0.05) is 44.1 Å². The molecule has 29 heavy (non-hydrogen) atoms. The first kappa shape index (κ1) is 22.2. The van der Waals surface area contributed by atoms with Crippen LogP contribution in [-0.2, 0) is 4.79 Å². The first-order valence-electron chi connectivity index (χ1n) is 8.95. The summed E-state index contributed by atoms with van der Waals surface area (Å²) in [7, 11) is 6.21. The molecule has 0 aliphatic heterocycles. The summed E-state index contributed by atoms with van der Waals surface area (Å²) in [5.74, 6) is 0.0949. The Balaban J connectivity index is 2.00. The quantitative estimate of drug-likeness (QED) is 0.609. The van der Waals surface area contributed by atoms with Crippen molar-refractivity contribution in [2.24, 2.45) is 0 Å². The molecule has 0 aliphatic rings. The third kappa shape index (κ3) is 5.95. The average Bonchev–Trinajstić information content (AvgIpc) is 3.25. The number of nitrogens with one attached hydrogen (secondary N) is 2. The Kier molecular flexibility index (Phi) is 8.02. The van der Waals surface area contributed by atoms with Crippen molar-refractivity contribution in [3.05, 3.63) is 40.1 Å². The number of hydrogen-bond acceptors (Lipinski definition) is 6. The number of rotatable bonds is 9. The second kappa shape index (κ2) is 10.5. The summed E-state index contributed by atoms with van der Waals surface area (Å²) in [6.45, 7) is 0.373. The molecule has 1 aromatic carbocycles. The molecule has 0 saturated heterocycles. The van der Waals surface area contributed by atoms with Gasteiger partial charge >= 0.3 is 0 Å². The van der Waals surface area contributed by atoms with E-state index in [0.717, 1.165) is 0 Å². The van der Waals surface area contributed by atoms with Gasteiger partial charge in [-0.3, -0.25) is 14.4 Å². The van der Waals surface area contributed by atoms with Crippen LogP contribution in [0.1, 0.15) is 33.6 Å². The number of benzene rings is 1. The fraction of sp³-hybridized carbons (Fsp3) is 0.350. The van der Waals surface area contributed by atoms with Gasteiger partial charge in [0.25, 0.3) is 11.8 Å². The number of hydrogen-bond donors (Lipinski definition) is 2. The molecule has 0 spiro atoms. The van der Waals surface area contributed by atoms with Gasteiger partial charge < -0.3 is 25.0 Å². The van der Waals surface area contributed by atoms with E-state index in [1.807, 2.05) is 5.38 Å². The Labute approximate surface area is 173 Å². The van der Waals surface area contributed by atoms with E-state index in [1.165, 1.54) is 36.5 Å². The van der Waals surface area contributed by atoms with Crippen LogP contribution in [0, 0.1) is 0 Å². The number of anilines is 1. The second-order valence-electron chi connectivity index (χ2n) is 6.37. The Hall–Kier alpha value is -3.07. The Morgan fingerprint density at radius 2 is 1.79 bits per heavy atom. The molecule has 0 unspecified atom stereocenters. The molecule has 8 nitrogen and oxygen atoms in total. The number of ether oxygens (including phenoxy) is 2. The summed E-state index contributed by atoms with van der Waals surface area (Å²) < 4.78 is 10.5. The lowest BCUT2D eigenvalue weighted by atomic mass is 10.1. The standard InChI is InChI=1S/C20H25N3O5S/c1-23(2)20(26)14-10-16(27-3)17(28-4)11-15(14)22-18(24)6-5-8-21-19(25)13-7-9-29-12-13/h7,9-12H,5-6,8H2,1-4H3,(H,21,25)(H,22,24). The molecule has 1 heterocycles. The van der Waals surface area contributed by atoms with Crippen molar-refractivity contribution in [3.63, 3.8) is 0 Å². The van der Waals surface area contributed by atoms with Crippen molar-refractivity contribution < 1.29 is 23.9 Å². The van der Waals surface area contributed by atoms with Crippen LogP contribution >= 0.6 is 11.3 Å². The predicted molar refractivity (Wildman–Crippen MR) is 112 cm³/mol. The minimum atomic E-state index is -0.274. The summed E-state index contributed by atoms with van der Waals surface area (Å²) in [4.78, 5) is 38.2. The molecule has 2 rings (SSSR count). The number of carbonyl (C=O) groups excluding carboxylic acids is 3. The number of thiophene rings is 1. The highest BCUT2D eigenvalue weighted by Gasteiger charge is 2.19. The zero-order valence-corrected chi connectivity index (χ0v) is 17.7. The average molecular weight is 420 g/mol. The fourth-order valence-electron chi connectivity index (χ4n) is 2.56. The lowest BCUT2D eigenvalue weighted by Crippen LogP contribution is -2.26. The van der Waals surface area contributed by atoms with E-state index in [2.05, 4.69) is 10.6 Å². The van der Waals surface area contributed by atoms with E-state index in [4.69, 9.17) is 9.47 Å². The van der Waals surface area contributed by atoms with Crippen LogP contribution in [-0.4, -0.2) is 57.5 Å². The summed E-state index contributed by atoms with van der Waals surface area (Å²) in [6.07, 6.45) is 0.653. The van der Waals surface area contributed by atoms with Gasteiger partial charge in [-0.1, -0.05) is 0 Å². The maximum Gasteiger partial charge on any atom is 0.255 e. The number of methoxy groups -OCH3 is 2. The van der Waals surface area contributed by atoms with Gasteiger partial charge in [-0.2, -0.15) is 11.3 Å². The molecule has 0 fully saturated rings. The highest BCUT2D eigenvalue weighted by Crippen LogP contribution is 2.34. The minimum Gasteiger partial charge on any atom is -0.493 e. The molecule has 0 bridgehead atoms. The minimum absolute atomic E-state index is 0.162. The van der Waals surface area contributed by atoms with Gasteiger partial charge in [-0.25, -0.2) is 0 Å². The predicted octanol–water partition coefficient (Wildman–Crippen LogP) is 2.62. The maximum atomic E-state index is 12.5. The fourth-order valence-corrected chi connectivity index (χ4v) is 3.20. The third-order valence-corrected chi connectivity index (χ3v) is 4.77. The molecular weight excluding hydrogens is 394 g/mol. The summed E-state index contributed by atoms with van der Waals surface area (Å²) in [5.41, 5.74) is 1.25. The molecule has 0 saturated carbocycles. The van der Waals surface area contributed by atoms with E-state index in [9.17, 15) is 14.4 Å². The lowest BCUT2D eigenvalue weighted by Gasteiger charge is -2.18. The second-order valence-corrected chi connectivity index (χ2v) is 7.15. The van der Waals surface area contributed by atoms with Crippen LogP contribution < -0.4 is 20.1 Å². The van der Waals surface area contributed by atoms with Crippen LogP contribution in [0.5, 0.6) is 11.5 Å². The molecule has 0 atom stereocenters. The molecule has 1 aromatic heterocycles. The van der Waals surface area contributed by atoms with E-state index in [-0.39, 0.29) is 24.1 Å². The van der Waals surface area contributed by atoms with Crippen LogP contribution in [0.4, 0.5) is 5.69 Å². The Bertz CT molecular complexity index is 865. The van der Waals surface area contributed by atoms with Gasteiger partial charge in [0.15, 0.2) is 11.5 Å². The summed E-state index contributed by atoms with van der Waals surface area (Å²) in [6, 6.07) is 4.84. The van der Waals surface area contributed by atoms with Crippen molar-refractivity contribution in [1.29, 1.82) is 0 Å². The molecule has 3 amide bonds. The lowest BCUT2D eigenvalue weighted by molar-refractivity contribution is -0.116. The van der Waals surface area contributed by atoms with E-state index in [0.29, 0.717) is 41.3 Å². The van der Waals surface area contributed by atoms with Crippen LogP contribution in [0.2, 0.25) is 0 Å². The third-order valence-electron chi connectivity index (χ3n) is 4.08. The molecule has 2 N–H and O–H groups in total. The number of amides is 3. The molecule has 9 heteroatoms. The number of nitrogens with zero attached hydrogens (tertiary/aromatic N) is 1. The van der Waals surface area contributed by atoms with Crippen molar-refractivity contribution in [2.75, 3.05) is 40.2 Å². The van der Waals surface area contributed by atoms with Gasteiger partial charge in [0.05, 0.1) is 25.5 Å². The molecule has 0 aliphatic carbocycles. The van der Waals surface area contributed by atoms with E-state index >= 15 is 0 Å². The smallest absolute Gasteiger partial charge is 0.255 e. The Morgan fingerprint density at radius 1 is 1.10 bits per heavy atom. The topological polar surface area (TPSA) is 97.0 Å². The largest absolute Gasteiger partial charge is 0.493 e. The summed E-state index contributed by atoms with van der Waals surface area (Å²) >= 11 is 1.45. The normalized spacial score (nSPS) is 10.2. The monoisotopic (exact) mass is 419 g/mol. The van der Waals surface area contributed by atoms with Gasteiger partial charge in [-0.05, 0) is 23.9 Å². The van der Waals surface area contributed by atoms with Crippen LogP contribution in [0.25, 0.3) is 0 Å². The van der Waals surface area contributed by atoms with Crippen molar-refractivity contribution in [1.82, 2.24) is 10.2 Å². The van der Waals surface area contributed by atoms with Crippen molar-refractivity contribution in [2.45, 2.75) is 12.8 Å². The molecule has 156 valence electrons. The first-order chi connectivity index (χ1) is 13.9. The highest BCUT2D eigenvalue weighted by molar-refractivity contribution is 7.08. The van der Waals surface area contributed by atoms with Crippen molar-refractivity contribution >= 4 is 34.7 Å². The van der Waals surface area contributed by atoms with Gasteiger partial charge in [0.2, 0.25) is 5.91 Å². The van der Waals surface area contributed by atoms with Crippen LogP contribution in [0.3, 0.4) is 0 Å². The van der Waals surface area contributed by atoms with Crippen LogP contribution in [0.15, 0.2) is 29.0 Å². The van der Waals surface area contributed by atoms with Gasteiger partial charge in [0.1, 0.15) is 0 Å². The molecule has 0 radical (unpaired) electrons. The highest BCUT2D eigenvalue weighted by atomic mass is 32.1. The first-order valence-corrected chi connectivity index (χ1v) is 9.89. The molecular formula is C20H25N3O5S. The maximum absolute atomic E-state index is 12.5. The van der Waals surface area contributed by atoms with E-state index < -0.39 is 0 Å². The Morgan fingerprint density at radius 3 is 2.38 bits per heavy atom. The molecule has 2 aromatic rings. The summed E-state index contributed by atoms with van der Waals surface area (Å²) in [5, 5.41) is 9.13. The van der Waals surface area contributed by atoms with Crippen molar-refractivity contribution in [3.8, 4) is 11.5 Å². The SMILES string of the molecule is COc1cc(NC(=O)CCCNC(=O)c2ccsc2)c(C(=O)N(C)C)cc1OC. The van der Waals surface area contributed by atoms with Gasteiger partial charge in [-0.15, -0.1) is 0 Å². The zero-order valence-electron chi connectivity index (χ0n) is 16.9.